The fraction of sp³-hybridized carbons (Fsp3) is 0.250. The summed E-state index contributed by atoms with van der Waals surface area (Å²) in [6.07, 6.45) is 1.01. The first-order valence-electron chi connectivity index (χ1n) is 7.05. The topological polar surface area (TPSA) is 98.0 Å². The zero-order chi connectivity index (χ0) is 17.7. The highest BCUT2D eigenvalue weighted by atomic mass is 35.5. The monoisotopic (exact) mass is 353 g/mol. The van der Waals surface area contributed by atoms with Gasteiger partial charge in [0.1, 0.15) is 6.26 Å². The SMILES string of the molecule is CCOc1c(Cl)cc(CNC(=O)c2cc(C(=O)O)co2)cc1OC. The van der Waals surface area contributed by atoms with Crippen LogP contribution in [0, 0.1) is 0 Å². The molecule has 0 aliphatic rings. The van der Waals surface area contributed by atoms with Crippen LogP contribution in [0.3, 0.4) is 0 Å². The number of hydrogen-bond acceptors (Lipinski definition) is 5. The summed E-state index contributed by atoms with van der Waals surface area (Å²) < 4.78 is 15.6. The van der Waals surface area contributed by atoms with E-state index in [-0.39, 0.29) is 17.9 Å². The molecule has 0 saturated heterocycles. The Kier molecular flexibility index (Phi) is 5.70. The lowest BCUT2D eigenvalue weighted by molar-refractivity contribution is 0.0696. The first kappa shape index (κ1) is 17.7. The zero-order valence-electron chi connectivity index (χ0n) is 13.1. The van der Waals surface area contributed by atoms with E-state index in [9.17, 15) is 9.59 Å². The second kappa shape index (κ2) is 7.74. The summed E-state index contributed by atoms with van der Waals surface area (Å²) in [7, 11) is 1.49. The van der Waals surface area contributed by atoms with Crippen LogP contribution in [0.1, 0.15) is 33.4 Å². The minimum absolute atomic E-state index is 0.0867. The second-order valence-corrected chi connectivity index (χ2v) is 5.14. The summed E-state index contributed by atoms with van der Waals surface area (Å²) in [6, 6.07) is 4.51. The van der Waals surface area contributed by atoms with Crippen LogP contribution >= 0.6 is 11.6 Å². The number of methoxy groups -OCH3 is 1. The van der Waals surface area contributed by atoms with E-state index >= 15 is 0 Å². The number of ether oxygens (including phenoxy) is 2. The Hall–Kier alpha value is -2.67. The molecule has 128 valence electrons. The Morgan fingerprint density at radius 1 is 1.33 bits per heavy atom. The average molecular weight is 354 g/mol. The van der Waals surface area contributed by atoms with Crippen LogP contribution in [0.2, 0.25) is 5.02 Å². The molecule has 1 aromatic carbocycles. The lowest BCUT2D eigenvalue weighted by Crippen LogP contribution is -2.22. The quantitative estimate of drug-likeness (QED) is 0.794. The zero-order valence-corrected chi connectivity index (χ0v) is 13.8. The van der Waals surface area contributed by atoms with E-state index < -0.39 is 11.9 Å². The standard InChI is InChI=1S/C16H16ClNO6/c1-3-23-14-11(17)4-9(5-12(14)22-2)7-18-15(19)13-6-10(8-24-13)16(20)21/h4-6,8H,3,7H2,1-2H3,(H,18,19)(H,20,21). The molecule has 24 heavy (non-hydrogen) atoms. The van der Waals surface area contributed by atoms with Crippen LogP contribution < -0.4 is 14.8 Å². The third-order valence-electron chi connectivity index (χ3n) is 3.10. The minimum atomic E-state index is -1.17. The molecule has 0 bridgehead atoms. The van der Waals surface area contributed by atoms with Crippen LogP contribution in [0.15, 0.2) is 28.9 Å². The highest BCUT2D eigenvalue weighted by Gasteiger charge is 2.16. The van der Waals surface area contributed by atoms with E-state index in [2.05, 4.69) is 5.32 Å². The van der Waals surface area contributed by atoms with Crippen molar-refractivity contribution in [3.63, 3.8) is 0 Å². The Morgan fingerprint density at radius 3 is 2.67 bits per heavy atom. The van der Waals surface area contributed by atoms with Gasteiger partial charge >= 0.3 is 5.97 Å². The van der Waals surface area contributed by atoms with Crippen molar-refractivity contribution in [3.05, 3.63) is 46.4 Å². The molecule has 2 aromatic rings. The van der Waals surface area contributed by atoms with E-state index in [0.717, 1.165) is 12.3 Å². The summed E-state index contributed by atoms with van der Waals surface area (Å²) in [6.45, 7) is 2.43. The highest BCUT2D eigenvalue weighted by Crippen LogP contribution is 2.36. The largest absolute Gasteiger partial charge is 0.493 e. The molecule has 0 saturated carbocycles. The van der Waals surface area contributed by atoms with Crippen LogP contribution in [0.4, 0.5) is 0 Å². The van der Waals surface area contributed by atoms with Gasteiger partial charge < -0.3 is 24.3 Å². The number of furan rings is 1. The van der Waals surface area contributed by atoms with Crippen molar-refractivity contribution in [2.75, 3.05) is 13.7 Å². The fourth-order valence-electron chi connectivity index (χ4n) is 2.00. The molecule has 2 N–H and O–H groups in total. The maximum Gasteiger partial charge on any atom is 0.338 e. The molecular formula is C16H16ClNO6. The van der Waals surface area contributed by atoms with Crippen molar-refractivity contribution >= 4 is 23.5 Å². The molecule has 1 aromatic heterocycles. The van der Waals surface area contributed by atoms with Crippen molar-refractivity contribution in [3.8, 4) is 11.5 Å². The van der Waals surface area contributed by atoms with Crippen LogP contribution in [-0.2, 0) is 6.54 Å². The number of aromatic carboxylic acids is 1. The maximum absolute atomic E-state index is 12.0. The molecular weight excluding hydrogens is 338 g/mol. The first-order valence-corrected chi connectivity index (χ1v) is 7.43. The van der Waals surface area contributed by atoms with Gasteiger partial charge in [-0.3, -0.25) is 4.79 Å². The molecule has 7 nitrogen and oxygen atoms in total. The van der Waals surface area contributed by atoms with Gasteiger partial charge in [0.15, 0.2) is 17.3 Å². The minimum Gasteiger partial charge on any atom is -0.493 e. The number of carbonyl (C=O) groups is 2. The number of rotatable bonds is 7. The van der Waals surface area contributed by atoms with E-state index in [1.165, 1.54) is 7.11 Å². The number of benzene rings is 1. The molecule has 8 heteroatoms. The summed E-state index contributed by atoms with van der Waals surface area (Å²) in [5.41, 5.74) is 0.601. The number of carboxylic acid groups (broad SMARTS) is 1. The number of halogens is 1. The van der Waals surface area contributed by atoms with Gasteiger partial charge in [-0.25, -0.2) is 4.79 Å². The Balaban J connectivity index is 2.09. The molecule has 0 fully saturated rings. The third kappa shape index (κ3) is 3.99. The summed E-state index contributed by atoms with van der Waals surface area (Å²) in [5.74, 6) is -0.891. The molecule has 0 aliphatic carbocycles. The van der Waals surface area contributed by atoms with Crippen molar-refractivity contribution in [1.82, 2.24) is 5.32 Å². The average Bonchev–Trinajstić information content (AvgIpc) is 3.05. The molecule has 1 amide bonds. The Bertz CT molecular complexity index is 755. The fourth-order valence-corrected chi connectivity index (χ4v) is 2.28. The summed E-state index contributed by atoms with van der Waals surface area (Å²) in [5, 5.41) is 11.8. The molecule has 2 rings (SSSR count). The van der Waals surface area contributed by atoms with Gasteiger partial charge in [0, 0.05) is 12.6 Å². The normalized spacial score (nSPS) is 10.3. The highest BCUT2D eigenvalue weighted by molar-refractivity contribution is 6.32. The lowest BCUT2D eigenvalue weighted by atomic mass is 10.2. The predicted octanol–water partition coefficient (Wildman–Crippen LogP) is 2.97. The van der Waals surface area contributed by atoms with E-state index in [4.69, 9.17) is 30.6 Å². The second-order valence-electron chi connectivity index (χ2n) is 4.73. The van der Waals surface area contributed by atoms with Gasteiger partial charge in [-0.2, -0.15) is 0 Å². The number of carboxylic acids is 1. The van der Waals surface area contributed by atoms with Crippen molar-refractivity contribution in [1.29, 1.82) is 0 Å². The molecule has 0 atom stereocenters. The van der Waals surface area contributed by atoms with Gasteiger partial charge in [-0.1, -0.05) is 11.6 Å². The Labute approximate surface area is 143 Å². The van der Waals surface area contributed by atoms with Gasteiger partial charge in [0.2, 0.25) is 0 Å². The third-order valence-corrected chi connectivity index (χ3v) is 3.38. The van der Waals surface area contributed by atoms with Crippen LogP contribution in [0.5, 0.6) is 11.5 Å². The first-order chi connectivity index (χ1) is 11.5. The number of hydrogen-bond donors (Lipinski definition) is 2. The van der Waals surface area contributed by atoms with Crippen molar-refractivity contribution < 1.29 is 28.6 Å². The number of nitrogens with one attached hydrogen (secondary N) is 1. The molecule has 0 aliphatic heterocycles. The lowest BCUT2D eigenvalue weighted by Gasteiger charge is -2.13. The van der Waals surface area contributed by atoms with Gasteiger partial charge in [-0.05, 0) is 24.6 Å². The van der Waals surface area contributed by atoms with Crippen molar-refractivity contribution in [2.45, 2.75) is 13.5 Å². The Morgan fingerprint density at radius 2 is 2.08 bits per heavy atom. The number of amides is 1. The van der Waals surface area contributed by atoms with E-state index in [1.54, 1.807) is 12.1 Å². The van der Waals surface area contributed by atoms with Gasteiger partial charge in [0.05, 0.1) is 24.3 Å². The van der Waals surface area contributed by atoms with Crippen LogP contribution in [0.25, 0.3) is 0 Å². The molecule has 1 heterocycles. The molecule has 0 radical (unpaired) electrons. The number of carbonyl (C=O) groups excluding carboxylic acids is 1. The van der Waals surface area contributed by atoms with Crippen molar-refractivity contribution in [2.24, 2.45) is 0 Å². The molecule has 0 spiro atoms. The maximum atomic E-state index is 12.0. The van der Waals surface area contributed by atoms with Crippen LogP contribution in [-0.4, -0.2) is 30.7 Å². The van der Waals surface area contributed by atoms with E-state index in [1.807, 2.05) is 6.92 Å². The van der Waals surface area contributed by atoms with Gasteiger partial charge in [0.25, 0.3) is 5.91 Å². The smallest absolute Gasteiger partial charge is 0.338 e. The molecule has 0 unspecified atom stereocenters. The van der Waals surface area contributed by atoms with E-state index in [0.29, 0.717) is 28.7 Å². The summed E-state index contributed by atoms with van der Waals surface area (Å²) >= 11 is 6.16. The van der Waals surface area contributed by atoms with Gasteiger partial charge in [-0.15, -0.1) is 0 Å². The summed E-state index contributed by atoms with van der Waals surface area (Å²) in [4.78, 5) is 22.8. The predicted molar refractivity (Wildman–Crippen MR) is 86.0 cm³/mol.